The highest BCUT2D eigenvalue weighted by atomic mass is 16.2. The maximum absolute atomic E-state index is 12.5. The predicted molar refractivity (Wildman–Crippen MR) is 74.1 cm³/mol. The van der Waals surface area contributed by atoms with E-state index in [1.54, 1.807) is 0 Å². The summed E-state index contributed by atoms with van der Waals surface area (Å²) in [5.41, 5.74) is 6.08. The zero-order chi connectivity index (χ0) is 13.1. The molecule has 1 saturated heterocycles. The third kappa shape index (κ3) is 3.25. The fourth-order valence-corrected chi connectivity index (χ4v) is 3.53. The van der Waals surface area contributed by atoms with Gasteiger partial charge in [0, 0.05) is 25.0 Å². The standard InChI is InChI=1S/C15H28N2O/c1-11-5-3-6-12(2)17(10-11)15(18)9-13-7-4-8-14(13)16/h11-14H,3-10,16H2,1-2H3/t11?,12?,13-,14+/m0/s1. The molecule has 1 amide bonds. The van der Waals surface area contributed by atoms with Crippen molar-refractivity contribution in [1.29, 1.82) is 0 Å². The average Bonchev–Trinajstić information content (AvgIpc) is 2.62. The topological polar surface area (TPSA) is 46.3 Å². The van der Waals surface area contributed by atoms with Gasteiger partial charge in [-0.05, 0) is 44.4 Å². The predicted octanol–water partition coefficient (Wildman–Crippen LogP) is 2.54. The van der Waals surface area contributed by atoms with Crippen LogP contribution in [-0.2, 0) is 4.79 Å². The molecule has 0 spiro atoms. The van der Waals surface area contributed by atoms with Gasteiger partial charge >= 0.3 is 0 Å². The summed E-state index contributed by atoms with van der Waals surface area (Å²) in [7, 11) is 0. The Kier molecular flexibility index (Phi) is 4.66. The van der Waals surface area contributed by atoms with E-state index in [1.165, 1.54) is 19.3 Å². The van der Waals surface area contributed by atoms with Gasteiger partial charge in [-0.15, -0.1) is 0 Å². The first kappa shape index (κ1) is 13.9. The molecule has 3 nitrogen and oxygen atoms in total. The number of carbonyl (C=O) groups is 1. The third-order valence-electron chi connectivity index (χ3n) is 4.83. The summed E-state index contributed by atoms with van der Waals surface area (Å²) < 4.78 is 0. The van der Waals surface area contributed by atoms with Crippen molar-refractivity contribution >= 4 is 5.91 Å². The maximum atomic E-state index is 12.5. The lowest BCUT2D eigenvalue weighted by molar-refractivity contribution is -0.134. The summed E-state index contributed by atoms with van der Waals surface area (Å²) in [6.45, 7) is 5.41. The fraction of sp³-hybridized carbons (Fsp3) is 0.933. The van der Waals surface area contributed by atoms with E-state index in [1.807, 2.05) is 0 Å². The molecule has 2 fully saturated rings. The largest absolute Gasteiger partial charge is 0.340 e. The number of amides is 1. The number of nitrogens with two attached hydrogens (primary N) is 1. The van der Waals surface area contributed by atoms with E-state index in [4.69, 9.17) is 5.73 Å². The third-order valence-corrected chi connectivity index (χ3v) is 4.83. The molecule has 0 aromatic heterocycles. The summed E-state index contributed by atoms with van der Waals surface area (Å²) in [4.78, 5) is 14.6. The van der Waals surface area contributed by atoms with Crippen molar-refractivity contribution in [2.75, 3.05) is 6.54 Å². The first-order valence-corrected chi connectivity index (χ1v) is 7.63. The van der Waals surface area contributed by atoms with Gasteiger partial charge in [-0.25, -0.2) is 0 Å². The van der Waals surface area contributed by atoms with Gasteiger partial charge in [-0.2, -0.15) is 0 Å². The second-order valence-corrected chi connectivity index (χ2v) is 6.49. The van der Waals surface area contributed by atoms with E-state index in [9.17, 15) is 4.79 Å². The quantitative estimate of drug-likeness (QED) is 0.821. The van der Waals surface area contributed by atoms with Crippen LogP contribution in [0.15, 0.2) is 0 Å². The van der Waals surface area contributed by atoms with Gasteiger partial charge in [0.05, 0.1) is 0 Å². The Hall–Kier alpha value is -0.570. The first-order chi connectivity index (χ1) is 8.58. The Morgan fingerprint density at radius 1 is 1.17 bits per heavy atom. The van der Waals surface area contributed by atoms with Crippen molar-refractivity contribution in [3.63, 3.8) is 0 Å². The number of rotatable bonds is 2. The Labute approximate surface area is 111 Å². The molecule has 0 bridgehead atoms. The first-order valence-electron chi connectivity index (χ1n) is 7.63. The Morgan fingerprint density at radius 3 is 2.56 bits per heavy atom. The minimum atomic E-state index is 0.258. The molecule has 0 radical (unpaired) electrons. The second kappa shape index (κ2) is 6.05. The molecule has 2 unspecified atom stereocenters. The lowest BCUT2D eigenvalue weighted by atomic mass is 9.98. The van der Waals surface area contributed by atoms with Crippen LogP contribution in [0.2, 0.25) is 0 Å². The number of hydrogen-bond acceptors (Lipinski definition) is 2. The van der Waals surface area contributed by atoms with E-state index >= 15 is 0 Å². The van der Waals surface area contributed by atoms with E-state index in [2.05, 4.69) is 18.7 Å². The number of nitrogens with zero attached hydrogens (tertiary/aromatic N) is 1. The van der Waals surface area contributed by atoms with E-state index in [0.717, 1.165) is 25.8 Å². The number of likely N-dealkylation sites (tertiary alicyclic amines) is 1. The zero-order valence-corrected chi connectivity index (χ0v) is 11.9. The summed E-state index contributed by atoms with van der Waals surface area (Å²) in [6, 6.07) is 0.675. The Bertz CT molecular complexity index is 292. The average molecular weight is 252 g/mol. The van der Waals surface area contributed by atoms with E-state index < -0.39 is 0 Å². The van der Waals surface area contributed by atoms with Gasteiger partial charge < -0.3 is 10.6 Å². The van der Waals surface area contributed by atoms with Crippen LogP contribution in [0, 0.1) is 11.8 Å². The highest BCUT2D eigenvalue weighted by Gasteiger charge is 2.30. The molecule has 1 aliphatic carbocycles. The molecular formula is C15H28N2O. The minimum Gasteiger partial charge on any atom is -0.340 e. The van der Waals surface area contributed by atoms with Crippen molar-refractivity contribution in [2.45, 2.75) is 70.9 Å². The second-order valence-electron chi connectivity index (χ2n) is 6.49. The molecule has 0 aromatic rings. The van der Waals surface area contributed by atoms with Crippen LogP contribution in [0.3, 0.4) is 0 Å². The molecule has 2 N–H and O–H groups in total. The molecule has 2 rings (SSSR count). The lowest BCUT2D eigenvalue weighted by Gasteiger charge is -2.30. The zero-order valence-electron chi connectivity index (χ0n) is 11.9. The van der Waals surface area contributed by atoms with Crippen molar-refractivity contribution in [2.24, 2.45) is 17.6 Å². The Morgan fingerprint density at radius 2 is 1.89 bits per heavy atom. The fourth-order valence-electron chi connectivity index (χ4n) is 3.53. The SMILES string of the molecule is CC1CCCC(C)N(C(=O)C[C@@H]2CCC[C@H]2N)C1. The minimum absolute atomic E-state index is 0.258. The van der Waals surface area contributed by atoms with Crippen molar-refractivity contribution in [1.82, 2.24) is 4.90 Å². The van der Waals surface area contributed by atoms with Gasteiger partial charge in [0.1, 0.15) is 0 Å². The van der Waals surface area contributed by atoms with Crippen LogP contribution in [-0.4, -0.2) is 29.4 Å². The molecule has 104 valence electrons. The summed E-state index contributed by atoms with van der Waals surface area (Å²) >= 11 is 0. The molecule has 1 heterocycles. The lowest BCUT2D eigenvalue weighted by Crippen LogP contribution is -2.41. The van der Waals surface area contributed by atoms with Crippen LogP contribution < -0.4 is 5.73 Å². The molecule has 3 heteroatoms. The van der Waals surface area contributed by atoms with Gasteiger partial charge in [-0.1, -0.05) is 19.8 Å². The van der Waals surface area contributed by atoms with Crippen molar-refractivity contribution in [3.8, 4) is 0 Å². The highest BCUT2D eigenvalue weighted by Crippen LogP contribution is 2.29. The monoisotopic (exact) mass is 252 g/mol. The van der Waals surface area contributed by atoms with Crippen LogP contribution in [0.1, 0.15) is 58.8 Å². The van der Waals surface area contributed by atoms with Gasteiger partial charge in [0.15, 0.2) is 0 Å². The Balaban J connectivity index is 1.93. The summed E-state index contributed by atoms with van der Waals surface area (Å²) in [6.07, 6.45) is 7.80. The maximum Gasteiger partial charge on any atom is 0.223 e. The number of hydrogen-bond donors (Lipinski definition) is 1. The summed E-state index contributed by atoms with van der Waals surface area (Å²) in [5.74, 6) is 1.43. The summed E-state index contributed by atoms with van der Waals surface area (Å²) in [5, 5.41) is 0. The molecule has 4 atom stereocenters. The van der Waals surface area contributed by atoms with Crippen molar-refractivity contribution < 1.29 is 4.79 Å². The molecular weight excluding hydrogens is 224 g/mol. The van der Waals surface area contributed by atoms with E-state index in [-0.39, 0.29) is 6.04 Å². The number of carbonyl (C=O) groups excluding carboxylic acids is 1. The van der Waals surface area contributed by atoms with E-state index in [0.29, 0.717) is 30.2 Å². The molecule has 0 aromatic carbocycles. The molecule has 2 aliphatic rings. The van der Waals surface area contributed by atoms with Gasteiger partial charge in [-0.3, -0.25) is 4.79 Å². The van der Waals surface area contributed by atoms with Crippen LogP contribution in [0.5, 0.6) is 0 Å². The molecule has 1 saturated carbocycles. The highest BCUT2D eigenvalue weighted by molar-refractivity contribution is 5.77. The molecule has 1 aliphatic heterocycles. The normalized spacial score (nSPS) is 37.6. The van der Waals surface area contributed by atoms with Crippen LogP contribution in [0.25, 0.3) is 0 Å². The molecule has 18 heavy (non-hydrogen) atoms. The smallest absolute Gasteiger partial charge is 0.223 e. The van der Waals surface area contributed by atoms with Crippen molar-refractivity contribution in [3.05, 3.63) is 0 Å². The van der Waals surface area contributed by atoms with Crippen LogP contribution in [0.4, 0.5) is 0 Å². The van der Waals surface area contributed by atoms with Gasteiger partial charge in [0.25, 0.3) is 0 Å². The van der Waals surface area contributed by atoms with Crippen LogP contribution >= 0.6 is 0 Å². The van der Waals surface area contributed by atoms with Gasteiger partial charge in [0.2, 0.25) is 5.91 Å².